The molecule has 0 spiro atoms. The molecule has 4 rings (SSSR count). The van der Waals surface area contributed by atoms with Gasteiger partial charge in [0.25, 0.3) is 0 Å². The topological polar surface area (TPSA) is 110 Å². The van der Waals surface area contributed by atoms with Gasteiger partial charge in [-0.25, -0.2) is 13.1 Å². The molecule has 3 aromatic rings. The van der Waals surface area contributed by atoms with E-state index < -0.39 is 10.0 Å². The van der Waals surface area contributed by atoms with Crippen LogP contribution in [0.25, 0.3) is 5.69 Å². The van der Waals surface area contributed by atoms with Gasteiger partial charge in [-0.15, -0.1) is 5.10 Å². The lowest BCUT2D eigenvalue weighted by molar-refractivity contribution is -0.120. The van der Waals surface area contributed by atoms with E-state index in [1.807, 2.05) is 30.3 Å². The fraction of sp³-hybridized carbons (Fsp3) is 0.263. The third-order valence-corrected chi connectivity index (χ3v) is 6.87. The highest BCUT2D eigenvalue weighted by Gasteiger charge is 2.32. The van der Waals surface area contributed by atoms with Gasteiger partial charge in [-0.05, 0) is 59.7 Å². The van der Waals surface area contributed by atoms with Gasteiger partial charge in [-0.3, -0.25) is 4.79 Å². The summed E-state index contributed by atoms with van der Waals surface area (Å²) in [6, 6.07) is 15.7. The van der Waals surface area contributed by atoms with Crippen molar-refractivity contribution in [1.29, 1.82) is 0 Å². The highest BCUT2D eigenvalue weighted by atomic mass is 32.2. The largest absolute Gasteiger partial charge is 0.326 e. The van der Waals surface area contributed by atoms with Crippen LogP contribution in [0.5, 0.6) is 0 Å². The Hall–Kier alpha value is -3.11. The predicted molar refractivity (Wildman–Crippen MR) is 106 cm³/mol. The number of anilines is 1. The summed E-state index contributed by atoms with van der Waals surface area (Å²) in [6.45, 7) is 0.619. The van der Waals surface area contributed by atoms with Crippen LogP contribution < -0.4 is 5.32 Å². The minimum Gasteiger partial charge on any atom is -0.326 e. The fourth-order valence-electron chi connectivity index (χ4n) is 3.32. The third kappa shape index (κ3) is 4.17. The number of sulfonamides is 1. The van der Waals surface area contributed by atoms with Crippen molar-refractivity contribution in [3.8, 4) is 5.69 Å². The first-order valence-electron chi connectivity index (χ1n) is 9.23. The van der Waals surface area contributed by atoms with E-state index in [-0.39, 0.29) is 16.7 Å². The summed E-state index contributed by atoms with van der Waals surface area (Å²) in [5.74, 6) is -0.275. The number of hydrogen-bond acceptors (Lipinski definition) is 6. The minimum atomic E-state index is -3.61. The van der Waals surface area contributed by atoms with Crippen molar-refractivity contribution < 1.29 is 13.2 Å². The Balaban J connectivity index is 1.39. The zero-order valence-electron chi connectivity index (χ0n) is 15.5. The number of rotatable bonds is 5. The van der Waals surface area contributed by atoms with E-state index in [1.54, 1.807) is 24.3 Å². The summed E-state index contributed by atoms with van der Waals surface area (Å²) in [4.78, 5) is 12.7. The number of piperidine rings is 1. The maximum atomic E-state index is 12.9. The number of hydrogen-bond donors (Lipinski definition) is 1. The van der Waals surface area contributed by atoms with Crippen LogP contribution in [0.4, 0.5) is 5.69 Å². The fourth-order valence-corrected chi connectivity index (χ4v) is 4.79. The van der Waals surface area contributed by atoms with E-state index in [4.69, 9.17) is 0 Å². The maximum absolute atomic E-state index is 12.9. The van der Waals surface area contributed by atoms with Crippen LogP contribution in [0.15, 0.2) is 65.8 Å². The molecule has 2 heterocycles. The highest BCUT2D eigenvalue weighted by Crippen LogP contribution is 2.25. The summed E-state index contributed by atoms with van der Waals surface area (Å²) in [5.41, 5.74) is 1.42. The SMILES string of the molecule is O=C(Nc1ccccc1)C1CCN(S(=O)(=O)c2ccc(-n3cnnn3)cc2)CC1. The van der Waals surface area contributed by atoms with Gasteiger partial charge in [0.05, 0.1) is 10.6 Å². The monoisotopic (exact) mass is 412 g/mol. The van der Waals surface area contributed by atoms with E-state index in [2.05, 4.69) is 20.8 Å². The second-order valence-corrected chi connectivity index (χ2v) is 8.72. The van der Waals surface area contributed by atoms with E-state index in [1.165, 1.54) is 15.3 Å². The number of aromatic nitrogens is 4. The molecule has 0 saturated carbocycles. The lowest BCUT2D eigenvalue weighted by Gasteiger charge is -2.30. The second-order valence-electron chi connectivity index (χ2n) is 6.78. The molecule has 10 heteroatoms. The smallest absolute Gasteiger partial charge is 0.243 e. The van der Waals surface area contributed by atoms with Gasteiger partial charge in [0, 0.05) is 24.7 Å². The van der Waals surface area contributed by atoms with Crippen LogP contribution in [0.2, 0.25) is 0 Å². The molecule has 0 bridgehead atoms. The third-order valence-electron chi connectivity index (χ3n) is 4.95. The zero-order chi connectivity index (χ0) is 20.3. The molecule has 0 atom stereocenters. The molecule has 1 aliphatic rings. The molecule has 1 N–H and O–H groups in total. The minimum absolute atomic E-state index is 0.0703. The summed E-state index contributed by atoms with van der Waals surface area (Å²) in [7, 11) is -3.61. The average Bonchev–Trinajstić information content (AvgIpc) is 3.30. The van der Waals surface area contributed by atoms with Gasteiger partial charge in [-0.1, -0.05) is 18.2 Å². The Kier molecular flexibility index (Phi) is 5.36. The van der Waals surface area contributed by atoms with Crippen LogP contribution in [0.3, 0.4) is 0 Å². The Morgan fingerprint density at radius 1 is 1.00 bits per heavy atom. The van der Waals surface area contributed by atoms with Crippen molar-refractivity contribution in [2.75, 3.05) is 18.4 Å². The molecule has 2 aromatic carbocycles. The molecular formula is C19H20N6O3S. The van der Waals surface area contributed by atoms with Crippen LogP contribution in [0, 0.1) is 5.92 Å². The molecular weight excluding hydrogens is 392 g/mol. The average molecular weight is 412 g/mol. The Labute approximate surface area is 168 Å². The zero-order valence-corrected chi connectivity index (χ0v) is 16.4. The number of carbonyl (C=O) groups excluding carboxylic acids is 1. The number of nitrogens with one attached hydrogen (secondary N) is 1. The van der Waals surface area contributed by atoms with Gasteiger partial charge in [0.15, 0.2) is 0 Å². The van der Waals surface area contributed by atoms with Gasteiger partial charge >= 0.3 is 0 Å². The maximum Gasteiger partial charge on any atom is 0.243 e. The Bertz CT molecular complexity index is 1060. The summed E-state index contributed by atoms with van der Waals surface area (Å²) in [6.07, 6.45) is 2.41. The first-order chi connectivity index (χ1) is 14.0. The molecule has 150 valence electrons. The molecule has 1 aromatic heterocycles. The molecule has 9 nitrogen and oxygen atoms in total. The summed E-state index contributed by atoms with van der Waals surface area (Å²) in [5, 5.41) is 13.8. The van der Waals surface area contributed by atoms with Crippen molar-refractivity contribution in [3.05, 3.63) is 60.9 Å². The quantitative estimate of drug-likeness (QED) is 0.683. The number of amides is 1. The summed E-state index contributed by atoms with van der Waals surface area (Å²) >= 11 is 0. The van der Waals surface area contributed by atoms with Crippen molar-refractivity contribution in [2.24, 2.45) is 5.92 Å². The first-order valence-corrected chi connectivity index (χ1v) is 10.7. The van der Waals surface area contributed by atoms with E-state index in [9.17, 15) is 13.2 Å². The lowest BCUT2D eigenvalue weighted by Crippen LogP contribution is -2.41. The van der Waals surface area contributed by atoms with E-state index in [0.29, 0.717) is 31.6 Å². The van der Waals surface area contributed by atoms with Crippen LogP contribution in [-0.4, -0.2) is 51.9 Å². The molecule has 29 heavy (non-hydrogen) atoms. The first kappa shape index (κ1) is 19.2. The molecule has 0 aliphatic carbocycles. The second kappa shape index (κ2) is 8.10. The van der Waals surface area contributed by atoms with E-state index in [0.717, 1.165) is 5.69 Å². The van der Waals surface area contributed by atoms with E-state index >= 15 is 0 Å². The number of para-hydroxylation sites is 1. The molecule has 1 fully saturated rings. The highest BCUT2D eigenvalue weighted by molar-refractivity contribution is 7.89. The van der Waals surface area contributed by atoms with Gasteiger partial charge in [-0.2, -0.15) is 4.31 Å². The Morgan fingerprint density at radius 3 is 2.31 bits per heavy atom. The van der Waals surface area contributed by atoms with Crippen molar-refractivity contribution >= 4 is 21.6 Å². The normalized spacial score (nSPS) is 15.9. The van der Waals surface area contributed by atoms with Gasteiger partial charge in [0.2, 0.25) is 15.9 Å². The van der Waals surface area contributed by atoms with Crippen LogP contribution in [-0.2, 0) is 14.8 Å². The van der Waals surface area contributed by atoms with Gasteiger partial charge < -0.3 is 5.32 Å². The Morgan fingerprint density at radius 2 is 1.69 bits per heavy atom. The van der Waals surface area contributed by atoms with Crippen molar-refractivity contribution in [3.63, 3.8) is 0 Å². The standard InChI is InChI=1S/C19H20N6O3S/c26-19(21-16-4-2-1-3-5-16)15-10-12-24(13-11-15)29(27,28)18-8-6-17(7-9-18)25-14-20-22-23-25/h1-9,14-15H,10-13H2,(H,21,26). The van der Waals surface area contributed by atoms with Crippen molar-refractivity contribution in [2.45, 2.75) is 17.7 Å². The van der Waals surface area contributed by atoms with Crippen LogP contribution in [0.1, 0.15) is 12.8 Å². The van der Waals surface area contributed by atoms with Crippen molar-refractivity contribution in [1.82, 2.24) is 24.5 Å². The number of benzene rings is 2. The van der Waals surface area contributed by atoms with Crippen LogP contribution >= 0.6 is 0 Å². The molecule has 1 aliphatic heterocycles. The summed E-state index contributed by atoms with van der Waals surface area (Å²) < 4.78 is 28.7. The van der Waals surface area contributed by atoms with Gasteiger partial charge in [0.1, 0.15) is 6.33 Å². The predicted octanol–water partition coefficient (Wildman–Crippen LogP) is 1.70. The molecule has 0 unspecified atom stereocenters. The lowest BCUT2D eigenvalue weighted by atomic mass is 9.97. The molecule has 1 saturated heterocycles. The molecule has 1 amide bonds. The number of tetrazole rings is 1. The molecule has 0 radical (unpaired) electrons. The number of nitrogens with zero attached hydrogens (tertiary/aromatic N) is 5. The number of carbonyl (C=O) groups is 1.